The lowest BCUT2D eigenvalue weighted by Crippen LogP contribution is -2.28. The van der Waals surface area contributed by atoms with Crippen molar-refractivity contribution in [3.8, 4) is 5.75 Å². The molecule has 0 aliphatic carbocycles. The van der Waals surface area contributed by atoms with E-state index in [0.717, 1.165) is 11.3 Å². The topological polar surface area (TPSA) is 62.7 Å². The number of ether oxygens (including phenoxy) is 1. The molecule has 0 unspecified atom stereocenters. The van der Waals surface area contributed by atoms with Gasteiger partial charge in [0.05, 0.1) is 13.7 Å². The first-order valence-electron chi connectivity index (χ1n) is 5.23. The number of hydrogen-bond donors (Lipinski definition) is 1. The molecule has 6 heteroatoms. The summed E-state index contributed by atoms with van der Waals surface area (Å²) < 4.78 is 5.05. The van der Waals surface area contributed by atoms with Gasteiger partial charge in [0.15, 0.2) is 5.13 Å². The molecule has 2 aromatic rings. The highest BCUT2D eigenvalue weighted by Crippen LogP contribution is 2.21. The number of carbonyl (C=O) groups is 1. The number of benzene rings is 1. The molecular formula is C12H12N2O3S. The highest BCUT2D eigenvalue weighted by atomic mass is 32.1. The van der Waals surface area contributed by atoms with Crippen molar-refractivity contribution in [1.29, 1.82) is 0 Å². The van der Waals surface area contributed by atoms with E-state index in [4.69, 9.17) is 4.74 Å². The first-order chi connectivity index (χ1) is 8.70. The van der Waals surface area contributed by atoms with Crippen molar-refractivity contribution in [3.63, 3.8) is 0 Å². The zero-order chi connectivity index (χ0) is 13.0. The summed E-state index contributed by atoms with van der Waals surface area (Å²) in [6.45, 7) is 0.271. The minimum Gasteiger partial charge on any atom is -0.497 e. The second-order valence-electron chi connectivity index (χ2n) is 3.53. The Bertz CT molecular complexity index is 511. The molecule has 5 nitrogen and oxygen atoms in total. The maximum atomic E-state index is 11.2. The van der Waals surface area contributed by atoms with Crippen LogP contribution in [0.25, 0.3) is 0 Å². The van der Waals surface area contributed by atoms with Gasteiger partial charge in [0.2, 0.25) is 0 Å². The van der Waals surface area contributed by atoms with Crippen LogP contribution < -0.4 is 9.64 Å². The van der Waals surface area contributed by atoms with E-state index in [9.17, 15) is 9.90 Å². The van der Waals surface area contributed by atoms with Gasteiger partial charge in [0, 0.05) is 11.6 Å². The monoisotopic (exact) mass is 264 g/mol. The number of aromatic nitrogens is 1. The standard InChI is InChI=1S/C12H12N2O3S/c1-17-10-4-2-9(3-5-10)8-14(12(15)16)11-13-6-7-18-11/h2-7H,8H2,1H3,(H,15,16). The van der Waals surface area contributed by atoms with Crippen molar-refractivity contribution in [1.82, 2.24) is 4.98 Å². The molecule has 0 aliphatic rings. The van der Waals surface area contributed by atoms with Gasteiger partial charge in [-0.15, -0.1) is 11.3 Å². The summed E-state index contributed by atoms with van der Waals surface area (Å²) >= 11 is 1.30. The highest BCUT2D eigenvalue weighted by molar-refractivity contribution is 7.13. The zero-order valence-corrected chi connectivity index (χ0v) is 10.6. The summed E-state index contributed by atoms with van der Waals surface area (Å²) in [5, 5.41) is 11.4. The molecule has 0 spiro atoms. The van der Waals surface area contributed by atoms with Crippen LogP contribution in [0.5, 0.6) is 5.75 Å². The number of thiazole rings is 1. The Hall–Kier alpha value is -2.08. The Morgan fingerprint density at radius 2 is 2.17 bits per heavy atom. The van der Waals surface area contributed by atoms with Crippen molar-refractivity contribution < 1.29 is 14.6 Å². The molecule has 2 rings (SSSR count). The molecule has 0 saturated carbocycles. The molecule has 0 atom stereocenters. The average Bonchev–Trinajstić information content (AvgIpc) is 2.90. The van der Waals surface area contributed by atoms with E-state index in [0.29, 0.717) is 5.13 Å². The van der Waals surface area contributed by atoms with E-state index in [-0.39, 0.29) is 6.54 Å². The van der Waals surface area contributed by atoms with Crippen molar-refractivity contribution >= 4 is 22.6 Å². The number of nitrogens with zero attached hydrogens (tertiary/aromatic N) is 2. The van der Waals surface area contributed by atoms with Gasteiger partial charge < -0.3 is 9.84 Å². The van der Waals surface area contributed by atoms with Crippen LogP contribution >= 0.6 is 11.3 Å². The van der Waals surface area contributed by atoms with Crippen LogP contribution in [0.15, 0.2) is 35.8 Å². The van der Waals surface area contributed by atoms with E-state index in [1.165, 1.54) is 16.2 Å². The van der Waals surface area contributed by atoms with Gasteiger partial charge >= 0.3 is 6.09 Å². The van der Waals surface area contributed by atoms with E-state index >= 15 is 0 Å². The van der Waals surface area contributed by atoms with Gasteiger partial charge in [-0.3, -0.25) is 0 Å². The molecule has 0 bridgehead atoms. The Balaban J connectivity index is 2.16. The fraction of sp³-hybridized carbons (Fsp3) is 0.167. The number of hydrogen-bond acceptors (Lipinski definition) is 4. The smallest absolute Gasteiger partial charge is 0.413 e. The van der Waals surface area contributed by atoms with Gasteiger partial charge in [-0.25, -0.2) is 14.7 Å². The quantitative estimate of drug-likeness (QED) is 0.922. The van der Waals surface area contributed by atoms with Crippen molar-refractivity contribution in [2.24, 2.45) is 0 Å². The summed E-state index contributed by atoms with van der Waals surface area (Å²) in [4.78, 5) is 16.4. The Morgan fingerprint density at radius 1 is 1.44 bits per heavy atom. The SMILES string of the molecule is COc1ccc(CN(C(=O)O)c2nccs2)cc1. The van der Waals surface area contributed by atoms with Gasteiger partial charge in [-0.1, -0.05) is 12.1 Å². The minimum atomic E-state index is -1.01. The molecule has 1 amide bonds. The number of rotatable bonds is 4. The minimum absolute atomic E-state index is 0.271. The molecular weight excluding hydrogens is 252 g/mol. The summed E-state index contributed by atoms with van der Waals surface area (Å²) in [5.74, 6) is 0.745. The van der Waals surface area contributed by atoms with Crippen LogP contribution in [0.3, 0.4) is 0 Å². The summed E-state index contributed by atoms with van der Waals surface area (Å²) in [6, 6.07) is 7.28. The van der Waals surface area contributed by atoms with E-state index in [2.05, 4.69) is 4.98 Å². The summed E-state index contributed by atoms with van der Waals surface area (Å²) in [7, 11) is 1.59. The van der Waals surface area contributed by atoms with Crippen molar-refractivity contribution in [2.75, 3.05) is 12.0 Å². The molecule has 1 aromatic heterocycles. The van der Waals surface area contributed by atoms with E-state index in [1.807, 2.05) is 12.1 Å². The highest BCUT2D eigenvalue weighted by Gasteiger charge is 2.16. The van der Waals surface area contributed by atoms with Crippen LogP contribution in [-0.4, -0.2) is 23.3 Å². The maximum absolute atomic E-state index is 11.2. The molecule has 1 aromatic carbocycles. The molecule has 0 radical (unpaired) electrons. The number of anilines is 1. The molecule has 0 saturated heterocycles. The van der Waals surface area contributed by atoms with Crippen molar-refractivity contribution in [3.05, 3.63) is 41.4 Å². The lowest BCUT2D eigenvalue weighted by atomic mass is 10.2. The normalized spacial score (nSPS) is 10.1. The van der Waals surface area contributed by atoms with Crippen LogP contribution in [0, 0.1) is 0 Å². The van der Waals surface area contributed by atoms with Gasteiger partial charge in [-0.05, 0) is 17.7 Å². The van der Waals surface area contributed by atoms with Crippen LogP contribution in [0.1, 0.15) is 5.56 Å². The summed E-state index contributed by atoms with van der Waals surface area (Å²) in [6.07, 6.45) is 0.574. The van der Waals surface area contributed by atoms with Gasteiger partial charge in [-0.2, -0.15) is 0 Å². The van der Waals surface area contributed by atoms with Gasteiger partial charge in [0.25, 0.3) is 0 Å². The molecule has 0 aliphatic heterocycles. The second-order valence-corrected chi connectivity index (χ2v) is 4.40. The first kappa shape index (κ1) is 12.4. The third kappa shape index (κ3) is 2.78. The molecule has 1 heterocycles. The first-order valence-corrected chi connectivity index (χ1v) is 6.11. The Morgan fingerprint density at radius 3 is 2.67 bits per heavy atom. The van der Waals surface area contributed by atoms with E-state index in [1.54, 1.807) is 30.8 Å². The predicted molar refractivity (Wildman–Crippen MR) is 69.3 cm³/mol. The summed E-state index contributed by atoms with van der Waals surface area (Å²) in [5.41, 5.74) is 0.883. The molecule has 94 valence electrons. The lowest BCUT2D eigenvalue weighted by molar-refractivity contribution is 0.201. The third-order valence-corrected chi connectivity index (χ3v) is 3.18. The fourth-order valence-electron chi connectivity index (χ4n) is 1.48. The number of carboxylic acid groups (broad SMARTS) is 1. The van der Waals surface area contributed by atoms with Gasteiger partial charge in [0.1, 0.15) is 5.75 Å². The second kappa shape index (κ2) is 5.50. The van der Waals surface area contributed by atoms with Crippen LogP contribution in [0.4, 0.5) is 9.93 Å². The van der Waals surface area contributed by atoms with Crippen molar-refractivity contribution in [2.45, 2.75) is 6.54 Å². The zero-order valence-electron chi connectivity index (χ0n) is 9.74. The van der Waals surface area contributed by atoms with Crippen LogP contribution in [0.2, 0.25) is 0 Å². The average molecular weight is 264 g/mol. The Kier molecular flexibility index (Phi) is 3.78. The Labute approximate surface area is 108 Å². The van der Waals surface area contributed by atoms with E-state index < -0.39 is 6.09 Å². The predicted octanol–water partition coefficient (Wildman–Crippen LogP) is 2.84. The van der Waals surface area contributed by atoms with Crippen LogP contribution in [-0.2, 0) is 6.54 Å². The maximum Gasteiger partial charge on any atom is 0.413 e. The number of methoxy groups -OCH3 is 1. The number of amides is 1. The molecule has 1 N–H and O–H groups in total. The largest absolute Gasteiger partial charge is 0.497 e. The molecule has 18 heavy (non-hydrogen) atoms. The molecule has 0 fully saturated rings. The lowest BCUT2D eigenvalue weighted by Gasteiger charge is -2.16. The fourth-order valence-corrected chi connectivity index (χ4v) is 2.11. The third-order valence-electron chi connectivity index (χ3n) is 2.38.